The highest BCUT2D eigenvalue weighted by atomic mass is 15.0. The van der Waals surface area contributed by atoms with Crippen molar-refractivity contribution in [3.8, 4) is 11.1 Å². The fourth-order valence-corrected chi connectivity index (χ4v) is 3.92. The van der Waals surface area contributed by atoms with Gasteiger partial charge in [-0.15, -0.1) is 0 Å². The molecule has 0 bridgehead atoms. The van der Waals surface area contributed by atoms with Gasteiger partial charge in [-0.3, -0.25) is 4.40 Å². The van der Waals surface area contributed by atoms with Crippen molar-refractivity contribution in [3.05, 3.63) is 85.1 Å². The maximum Gasteiger partial charge on any atom is 0.138 e. The highest BCUT2D eigenvalue weighted by Gasteiger charge is 2.13. The second-order valence-electron chi connectivity index (χ2n) is 6.65. The largest absolute Gasteiger partial charge is 0.354 e. The molecule has 0 unspecified atom stereocenters. The highest BCUT2D eigenvalue weighted by molar-refractivity contribution is 6.18. The summed E-state index contributed by atoms with van der Waals surface area (Å²) in [6, 6.07) is 27.5. The van der Waals surface area contributed by atoms with Crippen LogP contribution in [0, 0.1) is 0 Å². The van der Waals surface area contributed by atoms with E-state index in [1.54, 1.807) is 0 Å². The van der Waals surface area contributed by atoms with E-state index in [-0.39, 0.29) is 0 Å². The molecule has 0 saturated heterocycles. The summed E-state index contributed by atoms with van der Waals surface area (Å²) in [5, 5.41) is 2.42. The Bertz CT molecular complexity index is 1420. The molecule has 3 aromatic heterocycles. The molecule has 0 atom stereocenters. The van der Waals surface area contributed by atoms with E-state index in [2.05, 4.69) is 88.4 Å². The van der Waals surface area contributed by atoms with Crippen LogP contribution in [0.5, 0.6) is 0 Å². The van der Waals surface area contributed by atoms with Crippen molar-refractivity contribution >= 4 is 38.5 Å². The Labute approximate surface area is 149 Å². The molecule has 26 heavy (non-hydrogen) atoms. The molecule has 0 aliphatic heterocycles. The molecule has 3 heterocycles. The Morgan fingerprint density at radius 2 is 1.58 bits per heavy atom. The number of rotatable bonds is 1. The van der Waals surface area contributed by atoms with Crippen LogP contribution >= 0.6 is 0 Å². The molecule has 3 heteroatoms. The van der Waals surface area contributed by atoms with E-state index in [0.29, 0.717) is 0 Å². The quantitative estimate of drug-likeness (QED) is 0.406. The fraction of sp³-hybridized carbons (Fsp3) is 0. The van der Waals surface area contributed by atoms with Gasteiger partial charge in [0.1, 0.15) is 5.65 Å². The number of benzene rings is 3. The topological polar surface area (TPSA) is 33.1 Å². The van der Waals surface area contributed by atoms with E-state index in [1.165, 1.54) is 21.9 Å². The molecule has 6 rings (SSSR count). The predicted octanol–water partition coefficient (Wildman–Crippen LogP) is 5.79. The number of nitrogens with one attached hydrogen (secondary N) is 1. The van der Waals surface area contributed by atoms with E-state index >= 15 is 0 Å². The van der Waals surface area contributed by atoms with E-state index in [0.717, 1.165) is 27.7 Å². The first kappa shape index (κ1) is 13.7. The first-order valence-electron chi connectivity index (χ1n) is 8.75. The van der Waals surface area contributed by atoms with Crippen LogP contribution in [0.2, 0.25) is 0 Å². The Morgan fingerprint density at radius 1 is 0.731 bits per heavy atom. The number of hydrogen-bond acceptors (Lipinski definition) is 1. The molecule has 0 aliphatic carbocycles. The number of pyridine rings is 1. The average Bonchev–Trinajstić information content (AvgIpc) is 3.25. The van der Waals surface area contributed by atoms with E-state index in [4.69, 9.17) is 4.98 Å². The lowest BCUT2D eigenvalue weighted by molar-refractivity contribution is 1.23. The van der Waals surface area contributed by atoms with E-state index < -0.39 is 0 Å². The van der Waals surface area contributed by atoms with Gasteiger partial charge < -0.3 is 4.98 Å². The van der Waals surface area contributed by atoms with Crippen molar-refractivity contribution in [2.24, 2.45) is 0 Å². The molecule has 0 amide bonds. The van der Waals surface area contributed by atoms with Crippen molar-refractivity contribution in [2.45, 2.75) is 0 Å². The lowest BCUT2D eigenvalue weighted by Gasteiger charge is -2.02. The van der Waals surface area contributed by atoms with Gasteiger partial charge in [-0.1, -0.05) is 48.5 Å². The molecule has 0 radical (unpaired) electrons. The van der Waals surface area contributed by atoms with Gasteiger partial charge in [0.15, 0.2) is 0 Å². The molecule has 0 fully saturated rings. The summed E-state index contributed by atoms with van der Waals surface area (Å²) in [7, 11) is 0. The second kappa shape index (κ2) is 4.96. The maximum atomic E-state index is 4.99. The molecule has 3 aromatic carbocycles. The van der Waals surface area contributed by atoms with Crippen LogP contribution in [0.1, 0.15) is 0 Å². The van der Waals surface area contributed by atoms with Gasteiger partial charge in [-0.2, -0.15) is 0 Å². The number of fused-ring (bicyclic) bond motifs is 7. The third kappa shape index (κ3) is 1.80. The van der Waals surface area contributed by atoms with Crippen molar-refractivity contribution < 1.29 is 0 Å². The van der Waals surface area contributed by atoms with Gasteiger partial charge in [-0.05, 0) is 41.5 Å². The van der Waals surface area contributed by atoms with Gasteiger partial charge in [0.25, 0.3) is 0 Å². The zero-order valence-electron chi connectivity index (χ0n) is 14.0. The second-order valence-corrected chi connectivity index (χ2v) is 6.65. The average molecular weight is 333 g/mol. The summed E-state index contributed by atoms with van der Waals surface area (Å²) in [6.07, 6.45) is 2.12. The monoisotopic (exact) mass is 333 g/mol. The fourth-order valence-electron chi connectivity index (χ4n) is 3.92. The van der Waals surface area contributed by atoms with Crippen LogP contribution in [-0.2, 0) is 0 Å². The first-order valence-corrected chi connectivity index (χ1v) is 8.75. The summed E-state index contributed by atoms with van der Waals surface area (Å²) in [4.78, 5) is 8.50. The molecule has 1 N–H and O–H groups in total. The number of para-hydroxylation sites is 1. The standard InChI is InChI=1S/C23H15N3/c1-2-6-15(7-3-1)16-12-13-26-20-11-10-19-22(23(20)25-21(26)14-16)17-8-4-5-9-18(17)24-19/h1-14,24H. The van der Waals surface area contributed by atoms with Crippen LogP contribution in [0.15, 0.2) is 85.1 Å². The van der Waals surface area contributed by atoms with Gasteiger partial charge in [-0.25, -0.2) is 4.98 Å². The predicted molar refractivity (Wildman–Crippen MR) is 107 cm³/mol. The zero-order chi connectivity index (χ0) is 17.1. The van der Waals surface area contributed by atoms with Crippen LogP contribution in [0.4, 0.5) is 0 Å². The van der Waals surface area contributed by atoms with Crippen molar-refractivity contribution in [1.82, 2.24) is 14.4 Å². The molecule has 0 saturated carbocycles. The van der Waals surface area contributed by atoms with Crippen LogP contribution in [0.3, 0.4) is 0 Å². The molecule has 0 spiro atoms. The Balaban J connectivity index is 1.72. The number of H-pyrrole nitrogens is 1. The van der Waals surface area contributed by atoms with Crippen molar-refractivity contribution in [3.63, 3.8) is 0 Å². The first-order chi connectivity index (χ1) is 12.9. The summed E-state index contributed by atoms with van der Waals surface area (Å²) in [5.41, 5.74) is 7.83. The lowest BCUT2D eigenvalue weighted by atomic mass is 10.1. The third-order valence-electron chi connectivity index (χ3n) is 5.15. The number of imidazole rings is 1. The molecule has 0 aliphatic rings. The third-order valence-corrected chi connectivity index (χ3v) is 5.15. The summed E-state index contributed by atoms with van der Waals surface area (Å²) in [5.74, 6) is 0. The Hall–Kier alpha value is -3.59. The zero-order valence-corrected chi connectivity index (χ0v) is 14.0. The highest BCUT2D eigenvalue weighted by Crippen LogP contribution is 2.33. The van der Waals surface area contributed by atoms with E-state index in [9.17, 15) is 0 Å². The van der Waals surface area contributed by atoms with Crippen molar-refractivity contribution in [2.75, 3.05) is 0 Å². The van der Waals surface area contributed by atoms with Gasteiger partial charge in [0, 0.05) is 28.0 Å². The van der Waals surface area contributed by atoms with Crippen LogP contribution in [-0.4, -0.2) is 14.4 Å². The van der Waals surface area contributed by atoms with E-state index in [1.807, 2.05) is 6.07 Å². The number of aromatic amines is 1. The molecular formula is C23H15N3. The minimum Gasteiger partial charge on any atom is -0.354 e. The number of aromatic nitrogens is 3. The molecule has 122 valence electrons. The molecule has 6 aromatic rings. The SMILES string of the molecule is c1ccc(-c2ccn3c(c2)nc2c4c(ccc23)[nH]c2ccccc24)cc1. The molecule has 3 nitrogen and oxygen atoms in total. The number of nitrogens with zero attached hydrogens (tertiary/aromatic N) is 2. The minimum atomic E-state index is 0.971. The number of hydrogen-bond donors (Lipinski definition) is 1. The lowest BCUT2D eigenvalue weighted by Crippen LogP contribution is -1.85. The normalized spacial score (nSPS) is 11.8. The molecular weight excluding hydrogens is 318 g/mol. The van der Waals surface area contributed by atoms with Gasteiger partial charge in [0.2, 0.25) is 0 Å². The van der Waals surface area contributed by atoms with Crippen molar-refractivity contribution in [1.29, 1.82) is 0 Å². The smallest absolute Gasteiger partial charge is 0.138 e. The Morgan fingerprint density at radius 3 is 2.50 bits per heavy atom. The van der Waals surface area contributed by atoms with Crippen LogP contribution in [0.25, 0.3) is 49.6 Å². The van der Waals surface area contributed by atoms with Gasteiger partial charge >= 0.3 is 0 Å². The summed E-state index contributed by atoms with van der Waals surface area (Å²) in [6.45, 7) is 0. The maximum absolute atomic E-state index is 4.99. The summed E-state index contributed by atoms with van der Waals surface area (Å²) >= 11 is 0. The summed E-state index contributed by atoms with van der Waals surface area (Å²) < 4.78 is 2.17. The van der Waals surface area contributed by atoms with Crippen LogP contribution < -0.4 is 0 Å². The van der Waals surface area contributed by atoms with Gasteiger partial charge in [0.05, 0.1) is 11.0 Å². The minimum absolute atomic E-state index is 0.971. The Kier molecular flexibility index (Phi) is 2.61.